The Bertz CT molecular complexity index is 315. The second-order valence-electron chi connectivity index (χ2n) is 4.22. The molecule has 4 heteroatoms. The first kappa shape index (κ1) is 13.3. The van der Waals surface area contributed by atoms with E-state index in [1.165, 1.54) is 5.69 Å². The largest absolute Gasteiger partial charge is 0.374 e. The van der Waals surface area contributed by atoms with Crippen LogP contribution in [0, 0.1) is 0 Å². The minimum absolute atomic E-state index is 0.515. The van der Waals surface area contributed by atoms with Crippen molar-refractivity contribution in [2.75, 3.05) is 39.1 Å². The molecular formula is C12H20ClN3. The summed E-state index contributed by atoms with van der Waals surface area (Å²) in [5.41, 5.74) is 2.28. The number of rotatable bonds is 6. The van der Waals surface area contributed by atoms with Gasteiger partial charge in [0.15, 0.2) is 0 Å². The van der Waals surface area contributed by atoms with Crippen LogP contribution in [0.1, 0.15) is 12.0 Å². The molecule has 0 fully saturated rings. The molecule has 0 aromatic carbocycles. The van der Waals surface area contributed by atoms with Crippen LogP contribution in [0.2, 0.25) is 0 Å². The molecule has 0 amide bonds. The number of hydrogen-bond acceptors (Lipinski definition) is 3. The van der Waals surface area contributed by atoms with E-state index in [1.54, 1.807) is 0 Å². The lowest BCUT2D eigenvalue weighted by atomic mass is 10.2. The van der Waals surface area contributed by atoms with E-state index >= 15 is 0 Å². The van der Waals surface area contributed by atoms with Crippen LogP contribution in [-0.2, 0) is 5.88 Å². The molecule has 1 aromatic rings. The second-order valence-corrected chi connectivity index (χ2v) is 4.48. The van der Waals surface area contributed by atoms with E-state index in [-0.39, 0.29) is 0 Å². The molecule has 0 saturated carbocycles. The van der Waals surface area contributed by atoms with Gasteiger partial charge in [-0.15, -0.1) is 11.6 Å². The maximum absolute atomic E-state index is 5.89. The number of pyridine rings is 1. The third-order valence-corrected chi connectivity index (χ3v) is 2.82. The first-order chi connectivity index (χ1) is 7.65. The zero-order valence-corrected chi connectivity index (χ0v) is 11.0. The minimum atomic E-state index is 0.515. The smallest absolute Gasteiger partial charge is 0.0509 e. The van der Waals surface area contributed by atoms with Gasteiger partial charge in [0, 0.05) is 37.2 Å². The molecule has 0 N–H and O–H groups in total. The van der Waals surface area contributed by atoms with Crippen molar-refractivity contribution in [2.45, 2.75) is 12.3 Å². The molecule has 1 heterocycles. The number of halogens is 1. The zero-order valence-electron chi connectivity index (χ0n) is 10.3. The Kier molecular flexibility index (Phi) is 5.56. The SMILES string of the molecule is CN(C)CCCN(C)c1ccncc1CCl. The maximum Gasteiger partial charge on any atom is 0.0509 e. The summed E-state index contributed by atoms with van der Waals surface area (Å²) in [6.07, 6.45) is 4.80. The standard InChI is InChI=1S/C12H20ClN3/c1-15(2)7-4-8-16(3)12-5-6-14-10-11(12)9-13/h5-6,10H,4,7-9H2,1-3H3. The quantitative estimate of drug-likeness (QED) is 0.712. The van der Waals surface area contributed by atoms with E-state index in [0.717, 1.165) is 25.1 Å². The van der Waals surface area contributed by atoms with Crippen molar-refractivity contribution in [2.24, 2.45) is 0 Å². The van der Waals surface area contributed by atoms with Crippen molar-refractivity contribution in [1.29, 1.82) is 0 Å². The van der Waals surface area contributed by atoms with Crippen LogP contribution in [-0.4, -0.2) is 44.1 Å². The van der Waals surface area contributed by atoms with Gasteiger partial charge in [-0.1, -0.05) is 0 Å². The lowest BCUT2D eigenvalue weighted by molar-refractivity contribution is 0.401. The summed E-state index contributed by atoms with van der Waals surface area (Å²) in [4.78, 5) is 8.52. The molecule has 16 heavy (non-hydrogen) atoms. The highest BCUT2D eigenvalue weighted by Crippen LogP contribution is 2.19. The van der Waals surface area contributed by atoms with Gasteiger partial charge in [-0.05, 0) is 33.1 Å². The van der Waals surface area contributed by atoms with E-state index in [9.17, 15) is 0 Å². The fraction of sp³-hybridized carbons (Fsp3) is 0.583. The Labute approximate surface area is 103 Å². The Morgan fingerprint density at radius 2 is 2.00 bits per heavy atom. The summed E-state index contributed by atoms with van der Waals surface area (Å²) < 4.78 is 0. The molecule has 3 nitrogen and oxygen atoms in total. The fourth-order valence-corrected chi connectivity index (χ4v) is 1.85. The summed E-state index contributed by atoms with van der Waals surface area (Å²) in [5, 5.41) is 0. The molecule has 1 aromatic heterocycles. The first-order valence-electron chi connectivity index (χ1n) is 5.50. The van der Waals surface area contributed by atoms with Crippen LogP contribution >= 0.6 is 11.6 Å². The van der Waals surface area contributed by atoms with Crippen LogP contribution in [0.15, 0.2) is 18.5 Å². The minimum Gasteiger partial charge on any atom is -0.374 e. The molecule has 0 saturated heterocycles. The van der Waals surface area contributed by atoms with Gasteiger partial charge in [0.25, 0.3) is 0 Å². The number of hydrogen-bond donors (Lipinski definition) is 0. The topological polar surface area (TPSA) is 19.4 Å². The molecule has 0 unspecified atom stereocenters. The predicted octanol–water partition coefficient (Wildman–Crippen LogP) is 2.21. The van der Waals surface area contributed by atoms with Crippen molar-refractivity contribution in [1.82, 2.24) is 9.88 Å². The van der Waals surface area contributed by atoms with Gasteiger partial charge in [0.1, 0.15) is 0 Å². The van der Waals surface area contributed by atoms with E-state index in [4.69, 9.17) is 11.6 Å². The zero-order chi connectivity index (χ0) is 12.0. The fourth-order valence-electron chi connectivity index (χ4n) is 1.64. The highest BCUT2D eigenvalue weighted by molar-refractivity contribution is 6.17. The van der Waals surface area contributed by atoms with Crippen molar-refractivity contribution < 1.29 is 0 Å². The third kappa shape index (κ3) is 3.99. The molecule has 0 bridgehead atoms. The van der Waals surface area contributed by atoms with Gasteiger partial charge in [-0.25, -0.2) is 0 Å². The van der Waals surface area contributed by atoms with Gasteiger partial charge in [0.2, 0.25) is 0 Å². The van der Waals surface area contributed by atoms with E-state index in [2.05, 4.69) is 35.9 Å². The molecule has 0 spiro atoms. The van der Waals surface area contributed by atoms with Crippen LogP contribution in [0.4, 0.5) is 5.69 Å². The Balaban J connectivity index is 2.55. The Morgan fingerprint density at radius 1 is 1.25 bits per heavy atom. The number of anilines is 1. The van der Waals surface area contributed by atoms with Crippen molar-refractivity contribution >= 4 is 17.3 Å². The molecule has 0 aliphatic rings. The van der Waals surface area contributed by atoms with Crippen molar-refractivity contribution in [3.8, 4) is 0 Å². The first-order valence-corrected chi connectivity index (χ1v) is 6.03. The average molecular weight is 242 g/mol. The summed E-state index contributed by atoms with van der Waals surface area (Å²) in [7, 11) is 6.29. The van der Waals surface area contributed by atoms with Gasteiger partial charge >= 0.3 is 0 Å². The molecule has 90 valence electrons. The van der Waals surface area contributed by atoms with E-state index in [1.807, 2.05) is 18.5 Å². The average Bonchev–Trinajstić information content (AvgIpc) is 2.28. The summed E-state index contributed by atoms with van der Waals surface area (Å²) in [6, 6.07) is 2.02. The van der Waals surface area contributed by atoms with Crippen LogP contribution in [0.25, 0.3) is 0 Å². The Morgan fingerprint density at radius 3 is 2.62 bits per heavy atom. The highest BCUT2D eigenvalue weighted by atomic mass is 35.5. The van der Waals surface area contributed by atoms with Crippen LogP contribution in [0.3, 0.4) is 0 Å². The lowest BCUT2D eigenvalue weighted by Crippen LogP contribution is -2.24. The van der Waals surface area contributed by atoms with Gasteiger partial charge < -0.3 is 9.80 Å². The molecule has 0 aliphatic heterocycles. The predicted molar refractivity (Wildman–Crippen MR) is 70.2 cm³/mol. The van der Waals surface area contributed by atoms with Crippen molar-refractivity contribution in [3.05, 3.63) is 24.0 Å². The number of nitrogens with zero attached hydrogens (tertiary/aromatic N) is 3. The normalized spacial score (nSPS) is 10.8. The van der Waals surface area contributed by atoms with Crippen LogP contribution in [0.5, 0.6) is 0 Å². The van der Waals surface area contributed by atoms with Crippen molar-refractivity contribution in [3.63, 3.8) is 0 Å². The lowest BCUT2D eigenvalue weighted by Gasteiger charge is -2.22. The molecule has 0 aliphatic carbocycles. The van der Waals surface area contributed by atoms with E-state index < -0.39 is 0 Å². The van der Waals surface area contributed by atoms with E-state index in [0.29, 0.717) is 5.88 Å². The maximum atomic E-state index is 5.89. The molecule has 0 atom stereocenters. The summed E-state index contributed by atoms with van der Waals surface area (Å²) in [6.45, 7) is 2.14. The molecular weight excluding hydrogens is 222 g/mol. The van der Waals surface area contributed by atoms with Gasteiger partial charge in [-0.3, -0.25) is 4.98 Å². The summed E-state index contributed by atoms with van der Waals surface area (Å²) >= 11 is 5.89. The second kappa shape index (κ2) is 6.71. The Hall–Kier alpha value is -0.800. The highest BCUT2D eigenvalue weighted by Gasteiger charge is 2.06. The molecule has 1 rings (SSSR count). The van der Waals surface area contributed by atoms with Gasteiger partial charge in [-0.2, -0.15) is 0 Å². The molecule has 0 radical (unpaired) electrons. The number of alkyl halides is 1. The summed E-state index contributed by atoms with van der Waals surface area (Å²) in [5.74, 6) is 0.515. The monoisotopic (exact) mass is 241 g/mol. The van der Waals surface area contributed by atoms with Gasteiger partial charge in [0.05, 0.1) is 5.88 Å². The number of aromatic nitrogens is 1. The van der Waals surface area contributed by atoms with Crippen LogP contribution < -0.4 is 4.90 Å². The third-order valence-electron chi connectivity index (χ3n) is 2.53.